The second-order valence-electron chi connectivity index (χ2n) is 8.98. The molecular weight excluding hydrogens is 442 g/mol. The van der Waals surface area contributed by atoms with E-state index in [1.165, 1.54) is 10.3 Å². The number of anilines is 1. The molecule has 1 N–H and O–H groups in total. The van der Waals surface area contributed by atoms with Gasteiger partial charge in [0.2, 0.25) is 11.8 Å². The van der Waals surface area contributed by atoms with Crippen LogP contribution in [0.4, 0.5) is 5.69 Å². The van der Waals surface area contributed by atoms with Crippen LogP contribution < -0.4 is 5.32 Å². The molecule has 1 fully saturated rings. The molecule has 1 aliphatic heterocycles. The lowest BCUT2D eigenvalue weighted by atomic mass is 9.72. The molecule has 2 amide bonds. The van der Waals surface area contributed by atoms with E-state index in [0.717, 1.165) is 27.3 Å². The lowest BCUT2D eigenvalue weighted by Crippen LogP contribution is -2.50. The van der Waals surface area contributed by atoms with Crippen LogP contribution >= 0.6 is 11.3 Å². The summed E-state index contributed by atoms with van der Waals surface area (Å²) in [6, 6.07) is 24.1. The number of carbonyl (C=O) groups excluding carboxylic acids is 2. The molecule has 1 aliphatic rings. The van der Waals surface area contributed by atoms with Gasteiger partial charge < -0.3 is 10.2 Å². The minimum atomic E-state index is -0.656. The number of benzene rings is 3. The van der Waals surface area contributed by atoms with Gasteiger partial charge in [0.1, 0.15) is 5.01 Å². The predicted molar refractivity (Wildman–Crippen MR) is 138 cm³/mol. The third-order valence-corrected chi connectivity index (χ3v) is 7.82. The van der Waals surface area contributed by atoms with Crippen LogP contribution in [0.25, 0.3) is 20.8 Å². The third kappa shape index (κ3) is 4.21. The van der Waals surface area contributed by atoms with Gasteiger partial charge in [0, 0.05) is 31.3 Å². The van der Waals surface area contributed by atoms with Crippen molar-refractivity contribution in [3.8, 4) is 10.6 Å². The number of hydrogen-bond acceptors (Lipinski definition) is 4. The van der Waals surface area contributed by atoms with Crippen LogP contribution in [-0.4, -0.2) is 34.8 Å². The smallest absolute Gasteiger partial charge is 0.235 e. The molecule has 0 unspecified atom stereocenters. The summed E-state index contributed by atoms with van der Waals surface area (Å²) in [5.74, 6) is 0.0350. The quantitative estimate of drug-likeness (QED) is 0.411. The van der Waals surface area contributed by atoms with Gasteiger partial charge >= 0.3 is 0 Å². The monoisotopic (exact) mass is 469 g/mol. The van der Waals surface area contributed by atoms with Crippen molar-refractivity contribution in [1.82, 2.24) is 9.88 Å². The van der Waals surface area contributed by atoms with Crippen molar-refractivity contribution in [2.24, 2.45) is 0 Å². The van der Waals surface area contributed by atoms with E-state index in [2.05, 4.69) is 30.4 Å². The number of likely N-dealkylation sites (tertiary alicyclic amines) is 1. The fourth-order valence-electron chi connectivity index (χ4n) is 4.71. The van der Waals surface area contributed by atoms with Gasteiger partial charge in [-0.1, -0.05) is 36.4 Å². The largest absolute Gasteiger partial charge is 0.343 e. The first-order valence-corrected chi connectivity index (χ1v) is 12.4. The highest BCUT2D eigenvalue weighted by Gasteiger charge is 2.43. The van der Waals surface area contributed by atoms with Crippen LogP contribution in [0.2, 0.25) is 0 Å². The van der Waals surface area contributed by atoms with Crippen LogP contribution in [-0.2, 0) is 15.0 Å². The first kappa shape index (κ1) is 22.3. The summed E-state index contributed by atoms with van der Waals surface area (Å²) in [5, 5.41) is 4.12. The third-order valence-electron chi connectivity index (χ3n) is 6.76. The average molecular weight is 470 g/mol. The highest BCUT2D eigenvalue weighted by molar-refractivity contribution is 7.21. The lowest BCUT2D eigenvalue weighted by molar-refractivity contribution is -0.133. The number of nitrogens with one attached hydrogen (secondary N) is 1. The molecule has 0 radical (unpaired) electrons. The van der Waals surface area contributed by atoms with Crippen LogP contribution in [0.1, 0.15) is 30.9 Å². The Hall–Kier alpha value is -3.51. The van der Waals surface area contributed by atoms with E-state index < -0.39 is 5.41 Å². The van der Waals surface area contributed by atoms with E-state index in [0.29, 0.717) is 25.9 Å². The number of carbonyl (C=O) groups is 2. The van der Waals surface area contributed by atoms with E-state index in [-0.39, 0.29) is 11.8 Å². The van der Waals surface area contributed by atoms with Crippen LogP contribution in [0.3, 0.4) is 0 Å². The molecule has 0 saturated carbocycles. The van der Waals surface area contributed by atoms with Crippen molar-refractivity contribution in [2.75, 3.05) is 18.4 Å². The van der Waals surface area contributed by atoms with Crippen molar-refractivity contribution >= 4 is 39.1 Å². The number of amides is 2. The van der Waals surface area contributed by atoms with Gasteiger partial charge in [-0.25, -0.2) is 4.98 Å². The molecule has 3 aromatic carbocycles. The molecule has 34 heavy (non-hydrogen) atoms. The summed E-state index contributed by atoms with van der Waals surface area (Å²) >= 11 is 1.68. The molecule has 172 valence electrons. The molecule has 0 atom stereocenters. The van der Waals surface area contributed by atoms with Crippen LogP contribution in [0.15, 0.2) is 72.8 Å². The molecule has 0 aliphatic carbocycles. The Morgan fingerprint density at radius 2 is 1.68 bits per heavy atom. The predicted octanol–water partition coefficient (Wildman–Crippen LogP) is 5.79. The Labute approximate surface area is 203 Å². The number of fused-ring (bicyclic) bond motifs is 1. The van der Waals surface area contributed by atoms with Gasteiger partial charge in [0.25, 0.3) is 0 Å². The summed E-state index contributed by atoms with van der Waals surface area (Å²) in [6.45, 7) is 4.83. The normalized spacial score (nSPS) is 15.3. The van der Waals surface area contributed by atoms with Gasteiger partial charge in [-0.05, 0) is 67.3 Å². The number of thiazole rings is 1. The minimum absolute atomic E-state index is 0.0230. The SMILES string of the molecule is CC(=O)N1CCC(C(=O)Nc2ccc(-c3nc4ccc(C)cc4s3)cc2)(c2ccccc2)CC1. The molecule has 2 heterocycles. The second-order valence-corrected chi connectivity index (χ2v) is 10.0. The topological polar surface area (TPSA) is 62.3 Å². The first-order valence-electron chi connectivity index (χ1n) is 11.5. The summed E-state index contributed by atoms with van der Waals surface area (Å²) in [5.41, 5.74) is 4.36. The van der Waals surface area contributed by atoms with Gasteiger partial charge in [0.05, 0.1) is 15.6 Å². The zero-order valence-corrected chi connectivity index (χ0v) is 20.2. The Morgan fingerprint density at radius 3 is 2.35 bits per heavy atom. The first-order chi connectivity index (χ1) is 16.4. The van der Waals surface area contributed by atoms with Crippen LogP contribution in [0.5, 0.6) is 0 Å². The van der Waals surface area contributed by atoms with E-state index in [1.807, 2.05) is 59.5 Å². The maximum Gasteiger partial charge on any atom is 0.235 e. The molecule has 6 heteroatoms. The van der Waals surface area contributed by atoms with Crippen molar-refractivity contribution < 1.29 is 9.59 Å². The average Bonchev–Trinajstić information content (AvgIpc) is 3.28. The van der Waals surface area contributed by atoms with Gasteiger partial charge in [-0.15, -0.1) is 11.3 Å². The Balaban J connectivity index is 1.37. The molecule has 0 bridgehead atoms. The molecule has 5 rings (SSSR count). The number of rotatable bonds is 4. The van der Waals surface area contributed by atoms with Gasteiger partial charge in [-0.2, -0.15) is 0 Å². The number of nitrogens with zero attached hydrogens (tertiary/aromatic N) is 2. The Kier molecular flexibility index (Phi) is 5.92. The summed E-state index contributed by atoms with van der Waals surface area (Å²) in [7, 11) is 0. The fourth-order valence-corrected chi connectivity index (χ4v) is 5.78. The van der Waals surface area contributed by atoms with Crippen molar-refractivity contribution in [2.45, 2.75) is 32.1 Å². The zero-order chi connectivity index (χ0) is 23.7. The standard InChI is InChI=1S/C28H27N3O2S/c1-19-8-13-24-25(18-19)34-26(30-24)21-9-11-23(12-10-21)29-27(33)28(22-6-4-3-5-7-22)14-16-31(17-15-28)20(2)32/h3-13,18H,14-17H2,1-2H3,(H,29,33). The molecule has 1 aromatic heterocycles. The van der Waals surface area contributed by atoms with Crippen molar-refractivity contribution in [3.63, 3.8) is 0 Å². The summed E-state index contributed by atoms with van der Waals surface area (Å²) < 4.78 is 1.18. The van der Waals surface area contributed by atoms with Crippen molar-refractivity contribution in [1.29, 1.82) is 0 Å². The number of piperidine rings is 1. The van der Waals surface area contributed by atoms with Crippen molar-refractivity contribution in [3.05, 3.63) is 83.9 Å². The molecular formula is C28H27N3O2S. The van der Waals surface area contributed by atoms with E-state index in [9.17, 15) is 9.59 Å². The van der Waals surface area contributed by atoms with Gasteiger partial charge in [-0.3, -0.25) is 9.59 Å². The van der Waals surface area contributed by atoms with E-state index >= 15 is 0 Å². The van der Waals surface area contributed by atoms with E-state index in [4.69, 9.17) is 4.98 Å². The lowest BCUT2D eigenvalue weighted by Gasteiger charge is -2.40. The molecule has 0 spiro atoms. The Morgan fingerprint density at radius 1 is 0.971 bits per heavy atom. The number of aryl methyl sites for hydroxylation is 1. The second kappa shape index (κ2) is 9.03. The zero-order valence-electron chi connectivity index (χ0n) is 19.4. The fraction of sp³-hybridized carbons (Fsp3) is 0.250. The summed E-state index contributed by atoms with van der Waals surface area (Å²) in [4.78, 5) is 32.1. The minimum Gasteiger partial charge on any atom is -0.343 e. The summed E-state index contributed by atoms with van der Waals surface area (Å²) in [6.07, 6.45) is 1.21. The Bertz CT molecular complexity index is 1340. The molecule has 4 aromatic rings. The molecule has 5 nitrogen and oxygen atoms in total. The maximum atomic E-state index is 13.6. The van der Waals surface area contributed by atoms with Gasteiger partial charge in [0.15, 0.2) is 0 Å². The number of hydrogen-bond donors (Lipinski definition) is 1. The maximum absolute atomic E-state index is 13.6. The highest BCUT2D eigenvalue weighted by Crippen LogP contribution is 2.37. The number of aromatic nitrogens is 1. The highest BCUT2D eigenvalue weighted by atomic mass is 32.1. The van der Waals surface area contributed by atoms with E-state index in [1.54, 1.807) is 18.3 Å². The van der Waals surface area contributed by atoms with Crippen LogP contribution in [0, 0.1) is 6.92 Å². The molecule has 1 saturated heterocycles.